The molecule has 0 saturated heterocycles. The Bertz CT molecular complexity index is 993. The van der Waals surface area contributed by atoms with E-state index in [0.717, 1.165) is 11.1 Å². The maximum Gasteiger partial charge on any atom is 0.322 e. The predicted octanol–water partition coefficient (Wildman–Crippen LogP) is 2.16. The molecule has 2 heterocycles. The highest BCUT2D eigenvalue weighted by Crippen LogP contribution is 2.37. The lowest BCUT2D eigenvalue weighted by molar-refractivity contribution is 0.0999. The van der Waals surface area contributed by atoms with E-state index in [1.54, 1.807) is 10.7 Å². The number of nitroso groups, excluding NO2 is 1. The fourth-order valence-corrected chi connectivity index (χ4v) is 3.03. The highest BCUT2D eigenvalue weighted by Gasteiger charge is 2.26. The van der Waals surface area contributed by atoms with E-state index in [9.17, 15) is 19.6 Å². The van der Waals surface area contributed by atoms with E-state index in [4.69, 9.17) is 4.74 Å². The van der Waals surface area contributed by atoms with Crippen LogP contribution in [-0.2, 0) is 6.54 Å². The Morgan fingerprint density at radius 2 is 2.12 bits per heavy atom. The van der Waals surface area contributed by atoms with Crippen molar-refractivity contribution >= 4 is 5.91 Å². The summed E-state index contributed by atoms with van der Waals surface area (Å²) >= 11 is 0. The Hall–Kier alpha value is -3.42. The number of benzene rings is 1. The molecule has 1 aliphatic heterocycles. The molecule has 8 heteroatoms. The number of aromatic hydroxyl groups is 1. The summed E-state index contributed by atoms with van der Waals surface area (Å²) in [6, 6.07) is 4.47. The number of fused-ring (bicyclic) bond motifs is 3. The van der Waals surface area contributed by atoms with Crippen molar-refractivity contribution in [3.63, 3.8) is 0 Å². The minimum Gasteiger partial charge on any atom is -0.504 e. The summed E-state index contributed by atoms with van der Waals surface area (Å²) in [5, 5.41) is 14.3. The van der Waals surface area contributed by atoms with Crippen LogP contribution in [-0.4, -0.2) is 29.3 Å². The molecular weight excluding hydrogens is 338 g/mol. The van der Waals surface area contributed by atoms with Crippen LogP contribution in [0.5, 0.6) is 11.5 Å². The lowest BCUT2D eigenvalue weighted by atomic mass is 9.99. The van der Waals surface area contributed by atoms with Crippen molar-refractivity contribution in [2.24, 2.45) is 5.18 Å². The fraction of sp³-hybridized carbons (Fsp3) is 0.222. The van der Waals surface area contributed by atoms with Crippen LogP contribution in [0, 0.1) is 4.91 Å². The molecule has 1 aromatic heterocycles. The van der Waals surface area contributed by atoms with Gasteiger partial charge in [-0.1, -0.05) is 12.2 Å². The molecule has 0 fully saturated rings. The van der Waals surface area contributed by atoms with Gasteiger partial charge in [-0.2, -0.15) is 0 Å². The van der Waals surface area contributed by atoms with Crippen LogP contribution < -0.4 is 15.2 Å². The normalized spacial score (nSPS) is 12.2. The maximum atomic E-state index is 12.3. The van der Waals surface area contributed by atoms with E-state index in [1.807, 2.05) is 11.9 Å². The number of hydrogen-bond donors (Lipinski definition) is 1. The Kier molecular flexibility index (Phi) is 4.33. The topological polar surface area (TPSA) is 101 Å². The predicted molar refractivity (Wildman–Crippen MR) is 96.1 cm³/mol. The number of aromatic nitrogens is 1. The average molecular weight is 355 g/mol. The highest BCUT2D eigenvalue weighted by molar-refractivity contribution is 5.94. The number of phenols is 1. The Morgan fingerprint density at radius 1 is 1.38 bits per heavy atom. The minimum atomic E-state index is -1.12. The average Bonchev–Trinajstić information content (AvgIpc) is 2.60. The van der Waals surface area contributed by atoms with Gasteiger partial charge in [0.1, 0.15) is 5.56 Å². The molecule has 1 aromatic carbocycles. The number of methoxy groups -OCH3 is 1. The number of phenolic OH excluding ortho intramolecular Hbond substituents is 1. The third-order valence-corrected chi connectivity index (χ3v) is 4.14. The van der Waals surface area contributed by atoms with Crippen molar-refractivity contribution in [3.8, 4) is 22.8 Å². The van der Waals surface area contributed by atoms with Crippen molar-refractivity contribution < 1.29 is 14.6 Å². The number of nitrogens with zero attached hydrogens (tertiary/aromatic N) is 3. The van der Waals surface area contributed by atoms with Crippen LogP contribution in [0.2, 0.25) is 0 Å². The summed E-state index contributed by atoms with van der Waals surface area (Å²) in [7, 11) is 1.46. The number of carbonyl (C=O) groups is 1. The molecule has 26 heavy (non-hydrogen) atoms. The monoisotopic (exact) mass is 355 g/mol. The molecule has 2 aromatic rings. The zero-order chi connectivity index (χ0) is 19.0. The van der Waals surface area contributed by atoms with Crippen LogP contribution in [0.25, 0.3) is 11.3 Å². The maximum absolute atomic E-state index is 12.3. The zero-order valence-electron chi connectivity index (χ0n) is 14.4. The summed E-state index contributed by atoms with van der Waals surface area (Å²) in [5.74, 6) is -0.857. The number of rotatable bonds is 4. The molecule has 0 aliphatic carbocycles. The van der Waals surface area contributed by atoms with Gasteiger partial charge in [0.05, 0.1) is 25.9 Å². The second-order valence-corrected chi connectivity index (χ2v) is 6.14. The first-order valence-corrected chi connectivity index (χ1v) is 7.80. The number of amides is 1. The molecule has 1 aliphatic rings. The number of carbonyl (C=O) groups excluding carboxylic acids is 1. The van der Waals surface area contributed by atoms with Crippen LogP contribution in [0.3, 0.4) is 0 Å². The lowest BCUT2D eigenvalue weighted by Gasteiger charge is -2.35. The van der Waals surface area contributed by atoms with E-state index < -0.39 is 11.3 Å². The summed E-state index contributed by atoms with van der Waals surface area (Å²) in [5.41, 5.74) is 1.91. The lowest BCUT2D eigenvalue weighted by Crippen LogP contribution is -2.40. The van der Waals surface area contributed by atoms with Crippen molar-refractivity contribution in [1.82, 2.24) is 4.68 Å². The van der Waals surface area contributed by atoms with Gasteiger partial charge >= 0.3 is 5.91 Å². The third-order valence-electron chi connectivity index (χ3n) is 4.14. The number of pyridine rings is 1. The first-order valence-electron chi connectivity index (χ1n) is 7.80. The highest BCUT2D eigenvalue weighted by atomic mass is 16.5. The molecular formula is C18H17N3O5. The van der Waals surface area contributed by atoms with Crippen molar-refractivity contribution in [2.45, 2.75) is 13.5 Å². The molecule has 8 nitrogen and oxygen atoms in total. The van der Waals surface area contributed by atoms with Crippen molar-refractivity contribution in [2.75, 3.05) is 18.7 Å². The molecule has 3 rings (SSSR count). The quantitative estimate of drug-likeness (QED) is 0.666. The van der Waals surface area contributed by atoms with E-state index in [0.29, 0.717) is 30.1 Å². The van der Waals surface area contributed by atoms with Gasteiger partial charge in [0, 0.05) is 23.0 Å². The molecule has 134 valence electrons. The Morgan fingerprint density at radius 3 is 2.73 bits per heavy atom. The summed E-state index contributed by atoms with van der Waals surface area (Å²) < 4.78 is 6.77. The van der Waals surface area contributed by atoms with Gasteiger partial charge < -0.3 is 14.9 Å². The molecule has 0 bridgehead atoms. The fourth-order valence-electron chi connectivity index (χ4n) is 3.03. The Labute approximate surface area is 148 Å². The first kappa shape index (κ1) is 17.4. The van der Waals surface area contributed by atoms with Gasteiger partial charge in [0.25, 0.3) is 0 Å². The van der Waals surface area contributed by atoms with Gasteiger partial charge in [0.2, 0.25) is 0 Å². The second-order valence-electron chi connectivity index (χ2n) is 6.14. The van der Waals surface area contributed by atoms with E-state index in [-0.39, 0.29) is 11.3 Å². The van der Waals surface area contributed by atoms with Crippen LogP contribution >= 0.6 is 0 Å². The summed E-state index contributed by atoms with van der Waals surface area (Å²) in [6.07, 6.45) is 1.30. The smallest absolute Gasteiger partial charge is 0.322 e. The van der Waals surface area contributed by atoms with Gasteiger partial charge in [-0.25, -0.2) is 0 Å². The minimum absolute atomic E-state index is 0.0617. The molecule has 0 saturated carbocycles. The Balaban J connectivity index is 2.27. The molecule has 0 spiro atoms. The molecule has 1 N–H and O–H groups in total. The van der Waals surface area contributed by atoms with Gasteiger partial charge in [-0.05, 0) is 24.6 Å². The van der Waals surface area contributed by atoms with Crippen molar-refractivity contribution in [1.29, 1.82) is 0 Å². The van der Waals surface area contributed by atoms with Crippen molar-refractivity contribution in [3.05, 3.63) is 62.8 Å². The molecule has 0 atom stereocenters. The number of ether oxygens (including phenoxy) is 1. The second kappa shape index (κ2) is 6.47. The first-order chi connectivity index (χ1) is 12.3. The summed E-state index contributed by atoms with van der Waals surface area (Å²) in [6.45, 7) is 6.64. The largest absolute Gasteiger partial charge is 0.504 e. The van der Waals surface area contributed by atoms with Crippen LogP contribution in [0.4, 0.5) is 0 Å². The van der Waals surface area contributed by atoms with E-state index >= 15 is 0 Å². The number of hydrogen-bond acceptors (Lipinski definition) is 6. The SMILES string of the molecule is C=C(C)CN1Cc2cc(OC)c(O)cc2-c2cc(=O)c(C(=O)N=O)cn21. The standard InChI is InChI=1S/C18H17N3O5/c1-10(2)7-20-8-11-4-17(26-3)16(23)5-12(11)14-6-15(22)13(9-21(14)20)18(24)19-25/h4-6,9,23H,1,7-8H2,2-3H3. The van der Waals surface area contributed by atoms with Gasteiger partial charge in [-0.3, -0.25) is 14.3 Å². The molecule has 1 amide bonds. The van der Waals surface area contributed by atoms with Crippen LogP contribution in [0.1, 0.15) is 22.8 Å². The van der Waals surface area contributed by atoms with Gasteiger partial charge in [-0.15, -0.1) is 4.91 Å². The van der Waals surface area contributed by atoms with Gasteiger partial charge in [0.15, 0.2) is 16.9 Å². The third kappa shape index (κ3) is 2.85. The molecule has 0 unspecified atom stereocenters. The summed E-state index contributed by atoms with van der Waals surface area (Å²) in [4.78, 5) is 34.5. The van der Waals surface area contributed by atoms with E-state index in [1.165, 1.54) is 25.4 Å². The van der Waals surface area contributed by atoms with E-state index in [2.05, 4.69) is 11.8 Å². The molecule has 0 radical (unpaired) electrons. The van der Waals surface area contributed by atoms with Crippen LogP contribution in [0.15, 0.2) is 46.5 Å². The zero-order valence-corrected chi connectivity index (χ0v) is 14.4.